The van der Waals surface area contributed by atoms with E-state index in [2.05, 4.69) is 46.7 Å². The largest absolute Gasteiger partial charge is 0.346 e. The van der Waals surface area contributed by atoms with Gasteiger partial charge in [-0.15, -0.1) is 11.3 Å². The summed E-state index contributed by atoms with van der Waals surface area (Å²) in [6.07, 6.45) is 3.40. The van der Waals surface area contributed by atoms with Crippen molar-refractivity contribution >= 4 is 22.9 Å². The Labute approximate surface area is 135 Å². The molecule has 1 atom stereocenters. The second kappa shape index (κ2) is 5.21. The number of hydrogen-bond donors (Lipinski definition) is 1. The molecule has 0 saturated carbocycles. The fraction of sp³-hybridized carbons (Fsp3) is 0.389. The van der Waals surface area contributed by atoms with Gasteiger partial charge in [-0.05, 0) is 43.3 Å². The van der Waals surface area contributed by atoms with E-state index in [0.717, 1.165) is 24.3 Å². The lowest BCUT2D eigenvalue weighted by atomic mass is 10.1. The summed E-state index contributed by atoms with van der Waals surface area (Å²) in [4.78, 5) is 3.35. The van der Waals surface area contributed by atoms with E-state index in [1.807, 2.05) is 11.4 Å². The highest BCUT2D eigenvalue weighted by Crippen LogP contribution is 2.37. The van der Waals surface area contributed by atoms with Gasteiger partial charge in [-0.25, -0.2) is 9.48 Å². The monoisotopic (exact) mass is 313 g/mol. The number of rotatable bonds is 2. The predicted octanol–water partition coefficient (Wildman–Crippen LogP) is 3.32. The minimum absolute atomic E-state index is 0.617. The van der Waals surface area contributed by atoms with Gasteiger partial charge in [0.1, 0.15) is 5.69 Å². The van der Waals surface area contributed by atoms with Crippen LogP contribution in [0.4, 0.5) is 5.69 Å². The van der Waals surface area contributed by atoms with Crippen LogP contribution in [0.1, 0.15) is 29.7 Å². The Balaban J connectivity index is 1.79. The van der Waals surface area contributed by atoms with Crippen molar-refractivity contribution in [1.82, 2.24) is 0 Å². The van der Waals surface area contributed by atoms with Crippen molar-refractivity contribution in [3.8, 4) is 0 Å². The number of amidine groups is 1. The number of β-amino-alcohol motifs (C(OH)–C–C–N with tert-alkyl or cyclic N) is 1. The normalized spacial score (nSPS) is 24.7. The summed E-state index contributed by atoms with van der Waals surface area (Å²) in [5.41, 5.74) is 1.57. The van der Waals surface area contributed by atoms with E-state index in [1.165, 1.54) is 23.5 Å². The van der Waals surface area contributed by atoms with Gasteiger partial charge in [-0.3, -0.25) is 0 Å². The van der Waals surface area contributed by atoms with Gasteiger partial charge in [0, 0.05) is 6.42 Å². The molecule has 1 aromatic heterocycles. The fourth-order valence-corrected chi connectivity index (χ4v) is 4.40. The summed E-state index contributed by atoms with van der Waals surface area (Å²) in [7, 11) is 0. The smallest absolute Gasteiger partial charge is 0.280 e. The van der Waals surface area contributed by atoms with Gasteiger partial charge in [0.05, 0.1) is 11.4 Å². The summed E-state index contributed by atoms with van der Waals surface area (Å²) in [5, 5.41) is 13.5. The molecule has 22 heavy (non-hydrogen) atoms. The summed E-state index contributed by atoms with van der Waals surface area (Å²) in [6.45, 7) is 3.66. The maximum Gasteiger partial charge on any atom is 0.280 e. The highest BCUT2D eigenvalue weighted by Gasteiger charge is 2.53. The van der Waals surface area contributed by atoms with Crippen LogP contribution in [0.2, 0.25) is 0 Å². The molecule has 2 aromatic rings. The van der Waals surface area contributed by atoms with Crippen molar-refractivity contribution in [3.63, 3.8) is 0 Å². The van der Waals surface area contributed by atoms with Crippen molar-refractivity contribution in [1.29, 1.82) is 0 Å². The van der Waals surface area contributed by atoms with E-state index < -0.39 is 5.72 Å². The molecule has 114 valence electrons. The quantitative estimate of drug-likeness (QED) is 0.861. The third-order valence-electron chi connectivity index (χ3n) is 4.74. The van der Waals surface area contributed by atoms with E-state index >= 15 is 0 Å². The van der Waals surface area contributed by atoms with E-state index in [4.69, 9.17) is 0 Å². The van der Waals surface area contributed by atoms with Crippen LogP contribution in [0.25, 0.3) is 0 Å². The van der Waals surface area contributed by atoms with Gasteiger partial charge in [-0.2, -0.15) is 0 Å². The van der Waals surface area contributed by atoms with Crippen molar-refractivity contribution in [2.45, 2.75) is 31.9 Å². The van der Waals surface area contributed by atoms with Crippen LogP contribution >= 0.6 is 11.3 Å². The Morgan fingerprint density at radius 3 is 2.73 bits per heavy atom. The number of benzene rings is 1. The van der Waals surface area contributed by atoms with Gasteiger partial charge in [-0.1, -0.05) is 23.8 Å². The molecule has 0 aliphatic carbocycles. The minimum Gasteiger partial charge on any atom is -0.346 e. The Morgan fingerprint density at radius 1 is 1.18 bits per heavy atom. The first-order chi connectivity index (χ1) is 10.7. The Morgan fingerprint density at radius 2 is 2.00 bits per heavy atom. The number of aryl methyl sites for hydroxylation is 1. The second-order valence-electron chi connectivity index (χ2n) is 6.24. The van der Waals surface area contributed by atoms with Crippen LogP contribution in [0.5, 0.6) is 0 Å². The molecule has 0 saturated heterocycles. The molecule has 1 aromatic carbocycles. The highest BCUT2D eigenvalue weighted by atomic mass is 32.1. The summed E-state index contributed by atoms with van der Waals surface area (Å²) in [5.74, 6) is 1.27. The first-order valence-corrected chi connectivity index (χ1v) is 8.80. The molecule has 2 aliphatic heterocycles. The van der Waals surface area contributed by atoms with Crippen LogP contribution in [-0.2, 0) is 5.72 Å². The molecule has 0 fully saturated rings. The van der Waals surface area contributed by atoms with Gasteiger partial charge in [0.2, 0.25) is 0 Å². The zero-order valence-corrected chi connectivity index (χ0v) is 13.6. The average Bonchev–Trinajstić information content (AvgIpc) is 3.17. The topological polar surface area (TPSA) is 26.5 Å². The lowest BCUT2D eigenvalue weighted by molar-refractivity contribution is -0.660. The third-order valence-corrected chi connectivity index (χ3v) is 5.75. The maximum atomic E-state index is 11.4. The Hall–Kier alpha value is -1.65. The lowest BCUT2D eigenvalue weighted by Gasteiger charge is -2.22. The second-order valence-corrected chi connectivity index (χ2v) is 7.19. The molecule has 4 heteroatoms. The van der Waals surface area contributed by atoms with E-state index in [9.17, 15) is 5.11 Å². The van der Waals surface area contributed by atoms with Crippen molar-refractivity contribution in [2.75, 3.05) is 18.0 Å². The average molecular weight is 313 g/mol. The van der Waals surface area contributed by atoms with Crippen molar-refractivity contribution in [2.24, 2.45) is 0 Å². The van der Waals surface area contributed by atoms with Gasteiger partial charge < -0.3 is 5.11 Å². The SMILES string of the molecule is Cc1ccc(N2C[C@@](O)(c3cccs3)[N+]3=C2CCCC3)cc1. The molecule has 0 bridgehead atoms. The molecule has 2 aliphatic rings. The molecule has 3 heterocycles. The van der Waals surface area contributed by atoms with Crippen LogP contribution in [0, 0.1) is 6.92 Å². The lowest BCUT2D eigenvalue weighted by Crippen LogP contribution is -2.40. The zero-order chi connectivity index (χ0) is 15.2. The molecule has 0 radical (unpaired) electrons. The van der Waals surface area contributed by atoms with Crippen LogP contribution in [0.3, 0.4) is 0 Å². The van der Waals surface area contributed by atoms with Crippen LogP contribution < -0.4 is 4.90 Å². The third kappa shape index (κ3) is 2.09. The molecular weight excluding hydrogens is 292 g/mol. The van der Waals surface area contributed by atoms with Gasteiger partial charge in [0.15, 0.2) is 6.54 Å². The number of aliphatic hydroxyl groups is 1. The van der Waals surface area contributed by atoms with Crippen molar-refractivity contribution in [3.05, 3.63) is 52.2 Å². The standard InChI is InChI=1S/C18H21N2OS/c1-14-7-9-15(10-8-14)19-13-18(21,16-5-4-12-22-16)20-11-3-2-6-17(19)20/h4-5,7-10,12,21H,2-3,6,11,13H2,1H3/q+1/t18-/m1/s1. The molecule has 3 nitrogen and oxygen atoms in total. The van der Waals surface area contributed by atoms with Crippen molar-refractivity contribution < 1.29 is 9.68 Å². The fourth-order valence-electron chi connectivity index (χ4n) is 3.58. The molecular formula is C18H21N2OS+. The number of anilines is 1. The van der Waals surface area contributed by atoms with Gasteiger partial charge >= 0.3 is 0 Å². The number of nitrogens with zero attached hydrogens (tertiary/aromatic N) is 2. The molecule has 0 unspecified atom stereocenters. The predicted molar refractivity (Wildman–Crippen MR) is 90.7 cm³/mol. The summed E-state index contributed by atoms with van der Waals surface area (Å²) >= 11 is 1.64. The number of thiophene rings is 1. The zero-order valence-electron chi connectivity index (χ0n) is 12.8. The summed E-state index contributed by atoms with van der Waals surface area (Å²) < 4.78 is 2.22. The maximum absolute atomic E-state index is 11.4. The summed E-state index contributed by atoms with van der Waals surface area (Å²) in [6, 6.07) is 12.7. The Bertz CT molecular complexity index is 705. The van der Waals surface area contributed by atoms with Gasteiger partial charge in [0.25, 0.3) is 11.6 Å². The van der Waals surface area contributed by atoms with E-state index in [1.54, 1.807) is 11.3 Å². The first kappa shape index (κ1) is 14.0. The Kier molecular flexibility index (Phi) is 3.31. The van der Waals surface area contributed by atoms with Crippen LogP contribution in [0.15, 0.2) is 41.8 Å². The molecule has 4 rings (SSSR count). The van der Waals surface area contributed by atoms with E-state index in [-0.39, 0.29) is 0 Å². The minimum atomic E-state index is -0.880. The number of hydrogen-bond acceptors (Lipinski definition) is 3. The van der Waals surface area contributed by atoms with Crippen LogP contribution in [-0.4, -0.2) is 28.6 Å². The molecule has 1 N–H and O–H groups in total. The van der Waals surface area contributed by atoms with E-state index in [0.29, 0.717) is 6.54 Å². The first-order valence-electron chi connectivity index (χ1n) is 7.92. The highest BCUT2D eigenvalue weighted by molar-refractivity contribution is 7.10. The molecule has 0 spiro atoms. The molecule has 0 amide bonds.